The lowest BCUT2D eigenvalue weighted by Gasteiger charge is -2.29. The van der Waals surface area contributed by atoms with E-state index in [0.29, 0.717) is 12.1 Å². The molecular formula is C13H15F2NO. The van der Waals surface area contributed by atoms with Crippen molar-refractivity contribution in [3.05, 3.63) is 35.4 Å². The van der Waals surface area contributed by atoms with Crippen LogP contribution < -0.4 is 0 Å². The van der Waals surface area contributed by atoms with Gasteiger partial charge in [-0.1, -0.05) is 0 Å². The van der Waals surface area contributed by atoms with Gasteiger partial charge < -0.3 is 4.79 Å². The van der Waals surface area contributed by atoms with E-state index < -0.39 is 11.6 Å². The van der Waals surface area contributed by atoms with Crippen molar-refractivity contribution in [2.75, 3.05) is 13.1 Å². The van der Waals surface area contributed by atoms with E-state index in [-0.39, 0.29) is 5.92 Å². The van der Waals surface area contributed by atoms with E-state index in [1.807, 2.05) is 0 Å². The minimum absolute atomic E-state index is 0.149. The van der Waals surface area contributed by atoms with Crippen LogP contribution in [-0.2, 0) is 11.3 Å². The highest BCUT2D eigenvalue weighted by Gasteiger charge is 2.18. The maximum Gasteiger partial charge on any atom is 0.126 e. The van der Waals surface area contributed by atoms with Gasteiger partial charge in [0.05, 0.1) is 0 Å². The van der Waals surface area contributed by atoms with E-state index in [1.165, 1.54) is 12.1 Å². The Kier molecular flexibility index (Phi) is 3.84. The molecule has 1 aliphatic rings. The van der Waals surface area contributed by atoms with Crippen molar-refractivity contribution in [1.82, 2.24) is 4.90 Å². The number of hydrogen-bond acceptors (Lipinski definition) is 2. The van der Waals surface area contributed by atoms with Crippen molar-refractivity contribution in [2.24, 2.45) is 5.92 Å². The standard InChI is InChI=1S/C13H15F2NO/c14-12-5-11(6-13(15)7-12)8-16-3-1-10(9-17)2-4-16/h5-7,9-10H,1-4,8H2. The van der Waals surface area contributed by atoms with Crippen molar-refractivity contribution < 1.29 is 13.6 Å². The van der Waals surface area contributed by atoms with Crippen LogP contribution in [0.3, 0.4) is 0 Å². The fourth-order valence-electron chi connectivity index (χ4n) is 2.21. The van der Waals surface area contributed by atoms with Crippen LogP contribution in [0, 0.1) is 17.6 Å². The Labute approximate surface area is 99.2 Å². The largest absolute Gasteiger partial charge is 0.303 e. The number of benzene rings is 1. The monoisotopic (exact) mass is 239 g/mol. The fourth-order valence-corrected chi connectivity index (χ4v) is 2.21. The Balaban J connectivity index is 1.95. The Morgan fingerprint density at radius 1 is 1.18 bits per heavy atom. The van der Waals surface area contributed by atoms with Crippen LogP contribution >= 0.6 is 0 Å². The fraction of sp³-hybridized carbons (Fsp3) is 0.462. The van der Waals surface area contributed by atoms with Crippen LogP contribution in [0.15, 0.2) is 18.2 Å². The Hall–Kier alpha value is -1.29. The van der Waals surface area contributed by atoms with Gasteiger partial charge in [0.1, 0.15) is 17.9 Å². The zero-order valence-electron chi connectivity index (χ0n) is 9.53. The second-order valence-corrected chi connectivity index (χ2v) is 4.53. The van der Waals surface area contributed by atoms with Crippen molar-refractivity contribution in [3.63, 3.8) is 0 Å². The van der Waals surface area contributed by atoms with Crippen LogP contribution in [0.5, 0.6) is 0 Å². The SMILES string of the molecule is O=CC1CCN(Cc2cc(F)cc(F)c2)CC1. The number of carbonyl (C=O) groups is 1. The zero-order valence-corrected chi connectivity index (χ0v) is 9.53. The van der Waals surface area contributed by atoms with E-state index in [1.54, 1.807) is 0 Å². The predicted molar refractivity (Wildman–Crippen MR) is 60.4 cm³/mol. The number of piperidine rings is 1. The molecule has 2 rings (SSSR count). The Morgan fingerprint density at radius 3 is 2.29 bits per heavy atom. The smallest absolute Gasteiger partial charge is 0.126 e. The molecule has 17 heavy (non-hydrogen) atoms. The highest BCUT2D eigenvalue weighted by molar-refractivity contribution is 5.53. The molecule has 0 bridgehead atoms. The highest BCUT2D eigenvalue weighted by atomic mass is 19.1. The van der Waals surface area contributed by atoms with Crippen LogP contribution in [0.4, 0.5) is 8.78 Å². The van der Waals surface area contributed by atoms with Gasteiger partial charge in [-0.25, -0.2) is 8.78 Å². The summed E-state index contributed by atoms with van der Waals surface area (Å²) < 4.78 is 26.0. The summed E-state index contributed by atoms with van der Waals surface area (Å²) >= 11 is 0. The molecule has 2 nitrogen and oxygen atoms in total. The summed E-state index contributed by atoms with van der Waals surface area (Å²) in [4.78, 5) is 12.7. The van der Waals surface area contributed by atoms with E-state index in [4.69, 9.17) is 0 Å². The number of likely N-dealkylation sites (tertiary alicyclic amines) is 1. The number of aldehydes is 1. The summed E-state index contributed by atoms with van der Waals surface area (Å²) in [6.45, 7) is 2.16. The first-order valence-electron chi connectivity index (χ1n) is 5.80. The van der Waals surface area contributed by atoms with Gasteiger partial charge in [0.25, 0.3) is 0 Å². The molecule has 1 aliphatic heterocycles. The second-order valence-electron chi connectivity index (χ2n) is 4.53. The van der Waals surface area contributed by atoms with Crippen molar-refractivity contribution in [3.8, 4) is 0 Å². The van der Waals surface area contributed by atoms with Crippen molar-refractivity contribution in [2.45, 2.75) is 19.4 Å². The Morgan fingerprint density at radius 2 is 1.76 bits per heavy atom. The summed E-state index contributed by atoms with van der Waals surface area (Å²) in [7, 11) is 0. The predicted octanol–water partition coefficient (Wildman–Crippen LogP) is 2.38. The minimum Gasteiger partial charge on any atom is -0.303 e. The maximum absolute atomic E-state index is 13.0. The third kappa shape index (κ3) is 3.33. The lowest BCUT2D eigenvalue weighted by atomic mass is 9.98. The van der Waals surface area contributed by atoms with Gasteiger partial charge in [0, 0.05) is 18.5 Å². The third-order valence-electron chi connectivity index (χ3n) is 3.15. The molecule has 92 valence electrons. The summed E-state index contributed by atoms with van der Waals surface area (Å²) in [5.41, 5.74) is 0.645. The number of rotatable bonds is 3. The average molecular weight is 239 g/mol. The molecule has 0 spiro atoms. The van der Waals surface area contributed by atoms with E-state index in [2.05, 4.69) is 4.90 Å². The molecule has 0 aliphatic carbocycles. The maximum atomic E-state index is 13.0. The topological polar surface area (TPSA) is 20.3 Å². The molecule has 1 aromatic rings. The molecule has 1 heterocycles. The highest BCUT2D eigenvalue weighted by Crippen LogP contribution is 2.18. The normalized spacial score (nSPS) is 18.2. The summed E-state index contributed by atoms with van der Waals surface area (Å²) in [5.74, 6) is -0.930. The van der Waals surface area contributed by atoms with Crippen LogP contribution in [0.2, 0.25) is 0 Å². The molecular weight excluding hydrogens is 224 g/mol. The zero-order chi connectivity index (χ0) is 12.3. The quantitative estimate of drug-likeness (QED) is 0.755. The first kappa shape index (κ1) is 12.2. The lowest BCUT2D eigenvalue weighted by molar-refractivity contribution is -0.112. The first-order valence-corrected chi connectivity index (χ1v) is 5.80. The van der Waals surface area contributed by atoms with Gasteiger partial charge in [0.15, 0.2) is 0 Å². The number of carbonyl (C=O) groups excluding carboxylic acids is 1. The van der Waals surface area contributed by atoms with Crippen LogP contribution in [-0.4, -0.2) is 24.3 Å². The molecule has 0 saturated carbocycles. The third-order valence-corrected chi connectivity index (χ3v) is 3.15. The number of hydrogen-bond donors (Lipinski definition) is 0. The summed E-state index contributed by atoms with van der Waals surface area (Å²) in [5, 5.41) is 0. The minimum atomic E-state index is -0.539. The van der Waals surface area contributed by atoms with Gasteiger partial charge in [-0.3, -0.25) is 4.90 Å². The number of halogens is 2. The molecule has 1 fully saturated rings. The molecule has 0 N–H and O–H groups in total. The number of nitrogens with zero attached hydrogens (tertiary/aromatic N) is 1. The van der Waals surface area contributed by atoms with Gasteiger partial charge in [-0.2, -0.15) is 0 Å². The van der Waals surface area contributed by atoms with Gasteiger partial charge >= 0.3 is 0 Å². The van der Waals surface area contributed by atoms with Gasteiger partial charge in [0.2, 0.25) is 0 Å². The van der Waals surface area contributed by atoms with Gasteiger partial charge in [-0.15, -0.1) is 0 Å². The summed E-state index contributed by atoms with van der Waals surface area (Å²) in [6, 6.07) is 3.59. The molecule has 0 unspecified atom stereocenters. The first-order chi connectivity index (χ1) is 8.17. The second kappa shape index (κ2) is 5.36. The average Bonchev–Trinajstić information content (AvgIpc) is 2.28. The van der Waals surface area contributed by atoms with Gasteiger partial charge in [-0.05, 0) is 43.6 Å². The van der Waals surface area contributed by atoms with E-state index >= 15 is 0 Å². The lowest BCUT2D eigenvalue weighted by Crippen LogP contribution is -2.33. The van der Waals surface area contributed by atoms with Crippen molar-refractivity contribution in [1.29, 1.82) is 0 Å². The molecule has 1 saturated heterocycles. The van der Waals surface area contributed by atoms with E-state index in [9.17, 15) is 13.6 Å². The molecule has 0 radical (unpaired) electrons. The Bertz CT molecular complexity index is 380. The van der Waals surface area contributed by atoms with Crippen LogP contribution in [0.25, 0.3) is 0 Å². The molecule has 0 amide bonds. The molecule has 0 aromatic heterocycles. The molecule has 0 atom stereocenters. The van der Waals surface area contributed by atoms with Crippen LogP contribution in [0.1, 0.15) is 18.4 Å². The molecule has 4 heteroatoms. The molecule has 1 aromatic carbocycles. The van der Waals surface area contributed by atoms with E-state index in [0.717, 1.165) is 38.3 Å². The van der Waals surface area contributed by atoms with Crippen molar-refractivity contribution >= 4 is 6.29 Å². The summed E-state index contributed by atoms with van der Waals surface area (Å²) in [6.07, 6.45) is 2.67.